The number of nitrogens with zero attached hydrogens (tertiary/aromatic N) is 3. The summed E-state index contributed by atoms with van der Waals surface area (Å²) >= 11 is 0. The molecule has 12 heteroatoms. The molecule has 1 aromatic heterocycles. The molecule has 3 heterocycles. The summed E-state index contributed by atoms with van der Waals surface area (Å²) in [6.45, 7) is 3.76. The average Bonchev–Trinajstić information content (AvgIpc) is 3.35. The largest absolute Gasteiger partial charge is 0.465 e. The molecule has 2 N–H and O–H groups in total. The van der Waals surface area contributed by atoms with Crippen LogP contribution in [0, 0.1) is 11.8 Å². The summed E-state index contributed by atoms with van der Waals surface area (Å²) in [7, 11) is 3.07. The van der Waals surface area contributed by atoms with Gasteiger partial charge in [-0.2, -0.15) is 0 Å². The molecule has 2 aliphatic heterocycles. The van der Waals surface area contributed by atoms with Gasteiger partial charge in [-0.15, -0.1) is 0 Å². The van der Waals surface area contributed by atoms with Crippen molar-refractivity contribution in [2.24, 2.45) is 11.8 Å². The molecule has 2 aromatic rings. The molecule has 0 aliphatic carbocycles. The first-order valence-corrected chi connectivity index (χ1v) is 14.7. The maximum atomic E-state index is 12.8. The first-order valence-electron chi connectivity index (χ1n) is 14.7. The topological polar surface area (TPSA) is 139 Å². The molecule has 232 valence electrons. The van der Waals surface area contributed by atoms with Gasteiger partial charge < -0.3 is 34.6 Å². The van der Waals surface area contributed by atoms with Crippen LogP contribution in [0.1, 0.15) is 41.2 Å². The summed E-state index contributed by atoms with van der Waals surface area (Å²) in [6, 6.07) is 10.7. The highest BCUT2D eigenvalue weighted by molar-refractivity contribution is 5.90. The molecule has 1 aromatic carbocycles. The van der Waals surface area contributed by atoms with Crippen LogP contribution in [0.3, 0.4) is 0 Å². The summed E-state index contributed by atoms with van der Waals surface area (Å²) < 4.78 is 15.9. The predicted molar refractivity (Wildman–Crippen MR) is 158 cm³/mol. The number of amides is 3. The number of piperidine rings is 1. The van der Waals surface area contributed by atoms with Gasteiger partial charge in [0.2, 0.25) is 17.7 Å². The van der Waals surface area contributed by atoms with Crippen molar-refractivity contribution in [2.75, 3.05) is 71.7 Å². The molecule has 0 bridgehead atoms. The van der Waals surface area contributed by atoms with Gasteiger partial charge in [0.15, 0.2) is 0 Å². The van der Waals surface area contributed by atoms with Crippen molar-refractivity contribution >= 4 is 29.4 Å². The van der Waals surface area contributed by atoms with Crippen LogP contribution >= 0.6 is 0 Å². The Morgan fingerprint density at radius 3 is 2.19 bits per heavy atom. The van der Waals surface area contributed by atoms with Crippen LogP contribution in [0.5, 0.6) is 0 Å². The van der Waals surface area contributed by atoms with E-state index >= 15 is 0 Å². The molecule has 0 radical (unpaired) electrons. The fraction of sp³-hybridized carbons (Fsp3) is 0.516. The van der Waals surface area contributed by atoms with Crippen molar-refractivity contribution < 1.29 is 33.4 Å². The van der Waals surface area contributed by atoms with Crippen LogP contribution in [0.4, 0.5) is 5.69 Å². The number of aromatic nitrogens is 1. The van der Waals surface area contributed by atoms with Gasteiger partial charge in [-0.05, 0) is 48.7 Å². The lowest BCUT2D eigenvalue weighted by Gasteiger charge is -2.33. The minimum absolute atomic E-state index is 0.0356. The Hall–Kier alpha value is -4.03. The Balaban J connectivity index is 1.02. The van der Waals surface area contributed by atoms with Crippen molar-refractivity contribution in [1.82, 2.24) is 20.5 Å². The van der Waals surface area contributed by atoms with Crippen LogP contribution in [-0.4, -0.2) is 100 Å². The zero-order chi connectivity index (χ0) is 30.6. The highest BCUT2D eigenvalue weighted by Crippen LogP contribution is 2.36. The number of methoxy groups -OCH3 is 1. The highest BCUT2D eigenvalue weighted by atomic mass is 16.5. The van der Waals surface area contributed by atoms with Gasteiger partial charge in [-0.25, -0.2) is 4.79 Å². The molecular weight excluding hydrogens is 554 g/mol. The maximum absolute atomic E-state index is 12.8. The monoisotopic (exact) mass is 595 g/mol. The molecule has 2 aliphatic rings. The fourth-order valence-corrected chi connectivity index (χ4v) is 5.53. The quantitative estimate of drug-likeness (QED) is 0.246. The normalized spacial score (nSPS) is 18.9. The number of hydrogen-bond acceptors (Lipinski definition) is 9. The van der Waals surface area contributed by atoms with Gasteiger partial charge in [0.25, 0.3) is 0 Å². The number of carbonyl (C=O) groups is 4. The smallest absolute Gasteiger partial charge is 0.337 e. The predicted octanol–water partition coefficient (Wildman–Crippen LogP) is 1.57. The molecule has 2 atom stereocenters. The van der Waals surface area contributed by atoms with E-state index in [-0.39, 0.29) is 42.1 Å². The van der Waals surface area contributed by atoms with E-state index in [1.54, 1.807) is 42.5 Å². The maximum Gasteiger partial charge on any atom is 0.337 e. The van der Waals surface area contributed by atoms with Crippen molar-refractivity contribution in [1.29, 1.82) is 0 Å². The van der Waals surface area contributed by atoms with E-state index in [0.29, 0.717) is 45.1 Å². The highest BCUT2D eigenvalue weighted by Gasteiger charge is 2.42. The average molecular weight is 596 g/mol. The van der Waals surface area contributed by atoms with Crippen LogP contribution in [0.15, 0.2) is 48.8 Å². The zero-order valence-corrected chi connectivity index (χ0v) is 24.8. The van der Waals surface area contributed by atoms with E-state index in [1.807, 2.05) is 18.2 Å². The van der Waals surface area contributed by atoms with Crippen molar-refractivity contribution in [3.8, 4) is 0 Å². The minimum Gasteiger partial charge on any atom is -0.465 e. The van der Waals surface area contributed by atoms with E-state index < -0.39 is 5.92 Å². The lowest BCUT2D eigenvalue weighted by atomic mass is 9.94. The molecule has 2 fully saturated rings. The fourth-order valence-electron chi connectivity index (χ4n) is 5.53. The molecule has 0 unspecified atom stereocenters. The van der Waals surface area contributed by atoms with Gasteiger partial charge >= 0.3 is 5.97 Å². The molecular formula is C31H41N5O7. The molecule has 3 amide bonds. The minimum atomic E-state index is -0.473. The van der Waals surface area contributed by atoms with E-state index in [0.717, 1.165) is 37.2 Å². The van der Waals surface area contributed by atoms with E-state index in [1.165, 1.54) is 7.11 Å². The van der Waals surface area contributed by atoms with Crippen LogP contribution in [0.25, 0.3) is 0 Å². The number of esters is 1. The SMILES string of the molecule is COC(=O)c1ccc(N2CCC(C(=O)NCCOCCOCCNC(=O)[C@H]3CC(=O)N(C)[C@@H]3c3cccnc3)CC2)cc1. The Morgan fingerprint density at radius 2 is 1.58 bits per heavy atom. The molecule has 4 rings (SSSR count). The summed E-state index contributed by atoms with van der Waals surface area (Å²) in [4.78, 5) is 57.2. The zero-order valence-electron chi connectivity index (χ0n) is 24.8. The van der Waals surface area contributed by atoms with Crippen molar-refractivity contribution in [3.63, 3.8) is 0 Å². The molecule has 0 spiro atoms. The second kappa shape index (κ2) is 16.0. The summed E-state index contributed by atoms with van der Waals surface area (Å²) in [5.41, 5.74) is 2.38. The third-order valence-electron chi connectivity index (χ3n) is 7.93. The van der Waals surface area contributed by atoms with Gasteiger partial charge in [0.1, 0.15) is 0 Å². The number of benzene rings is 1. The van der Waals surface area contributed by atoms with E-state index in [2.05, 4.69) is 20.5 Å². The Morgan fingerprint density at radius 1 is 0.930 bits per heavy atom. The van der Waals surface area contributed by atoms with Gasteiger partial charge in [0, 0.05) is 63.6 Å². The standard InChI is InChI=1S/C31H41N5O7/c1-35-27(37)20-26(28(35)24-4-3-11-32-21-24)30(39)34-13-17-43-19-18-42-16-12-33-29(38)22-9-14-36(15-10-22)25-7-5-23(6-8-25)31(40)41-2/h3-8,11,21-22,26,28H,9-10,12-20H2,1-2H3,(H,33,38)(H,34,39)/t26-,28+/m0/s1. The lowest BCUT2D eigenvalue weighted by Crippen LogP contribution is -2.41. The number of pyridine rings is 1. The first-order chi connectivity index (χ1) is 20.9. The molecule has 0 saturated carbocycles. The Labute approximate surface area is 252 Å². The molecule has 43 heavy (non-hydrogen) atoms. The van der Waals surface area contributed by atoms with E-state index in [9.17, 15) is 19.2 Å². The third-order valence-corrected chi connectivity index (χ3v) is 7.93. The van der Waals surface area contributed by atoms with Crippen molar-refractivity contribution in [3.05, 3.63) is 59.9 Å². The second-order valence-corrected chi connectivity index (χ2v) is 10.7. The van der Waals surface area contributed by atoms with Gasteiger partial charge in [-0.1, -0.05) is 6.07 Å². The number of nitrogens with one attached hydrogen (secondary N) is 2. The molecule has 2 saturated heterocycles. The summed E-state index contributed by atoms with van der Waals surface area (Å²) in [5.74, 6) is -1.07. The van der Waals surface area contributed by atoms with Gasteiger partial charge in [0.05, 0.1) is 51.1 Å². The lowest BCUT2D eigenvalue weighted by molar-refractivity contribution is -0.128. The summed E-state index contributed by atoms with van der Waals surface area (Å²) in [5, 5.41) is 5.82. The number of likely N-dealkylation sites (tertiary alicyclic amines) is 1. The van der Waals surface area contributed by atoms with Gasteiger partial charge in [-0.3, -0.25) is 19.4 Å². The number of rotatable bonds is 14. The first kappa shape index (κ1) is 31.9. The van der Waals surface area contributed by atoms with Crippen LogP contribution in [-0.2, 0) is 28.6 Å². The number of carbonyl (C=O) groups excluding carboxylic acids is 4. The van der Waals surface area contributed by atoms with Crippen molar-refractivity contribution in [2.45, 2.75) is 25.3 Å². The number of anilines is 1. The van der Waals surface area contributed by atoms with Crippen LogP contribution < -0.4 is 15.5 Å². The number of ether oxygens (including phenoxy) is 3. The Bertz CT molecular complexity index is 1220. The molecule has 12 nitrogen and oxygen atoms in total. The Kier molecular flexibility index (Phi) is 11.9. The summed E-state index contributed by atoms with van der Waals surface area (Å²) in [6.07, 6.45) is 5.04. The second-order valence-electron chi connectivity index (χ2n) is 10.7. The van der Waals surface area contributed by atoms with Crippen LogP contribution in [0.2, 0.25) is 0 Å². The number of hydrogen-bond donors (Lipinski definition) is 2. The van der Waals surface area contributed by atoms with E-state index in [4.69, 9.17) is 14.2 Å². The third kappa shape index (κ3) is 8.74.